The van der Waals surface area contributed by atoms with E-state index >= 15 is 0 Å². The highest BCUT2D eigenvalue weighted by Gasteiger charge is 2.14. The fraction of sp³-hybridized carbons (Fsp3) is 0.316. The number of carbonyl (C=O) groups is 1. The SMILES string of the molecule is Cc1ccc(S(=O)(=O)NCCCC(=O)NCc2ccccc2Cl)cc1C. The molecule has 26 heavy (non-hydrogen) atoms. The molecule has 0 aliphatic heterocycles. The van der Waals surface area contributed by atoms with Crippen molar-refractivity contribution in [1.82, 2.24) is 10.0 Å². The third-order valence-corrected chi connectivity index (χ3v) is 5.92. The first-order chi connectivity index (χ1) is 12.3. The molecule has 5 nitrogen and oxygen atoms in total. The summed E-state index contributed by atoms with van der Waals surface area (Å²) in [6.07, 6.45) is 0.651. The molecule has 0 aliphatic rings. The van der Waals surface area contributed by atoms with Crippen LogP contribution in [0.5, 0.6) is 0 Å². The summed E-state index contributed by atoms with van der Waals surface area (Å²) in [5, 5.41) is 3.39. The second-order valence-electron chi connectivity index (χ2n) is 6.12. The fourth-order valence-electron chi connectivity index (χ4n) is 2.34. The predicted octanol–water partition coefficient (Wildman–Crippen LogP) is 3.33. The van der Waals surface area contributed by atoms with Crippen molar-refractivity contribution in [2.75, 3.05) is 6.54 Å². The summed E-state index contributed by atoms with van der Waals surface area (Å²) in [6.45, 7) is 4.36. The molecule has 2 N–H and O–H groups in total. The van der Waals surface area contributed by atoms with Gasteiger partial charge < -0.3 is 5.32 Å². The largest absolute Gasteiger partial charge is 0.352 e. The maximum absolute atomic E-state index is 12.3. The number of carbonyl (C=O) groups excluding carboxylic acids is 1. The topological polar surface area (TPSA) is 75.3 Å². The molecule has 0 bridgehead atoms. The van der Waals surface area contributed by atoms with Crippen LogP contribution < -0.4 is 10.0 Å². The normalized spacial score (nSPS) is 11.3. The predicted molar refractivity (Wildman–Crippen MR) is 104 cm³/mol. The monoisotopic (exact) mass is 394 g/mol. The van der Waals surface area contributed by atoms with Crippen molar-refractivity contribution in [1.29, 1.82) is 0 Å². The first kappa shape index (κ1) is 20.4. The lowest BCUT2D eigenvalue weighted by molar-refractivity contribution is -0.121. The molecule has 0 heterocycles. The van der Waals surface area contributed by atoms with Crippen molar-refractivity contribution in [2.24, 2.45) is 0 Å². The van der Waals surface area contributed by atoms with E-state index in [1.807, 2.05) is 32.0 Å². The number of amides is 1. The van der Waals surface area contributed by atoms with Crippen LogP contribution >= 0.6 is 11.6 Å². The van der Waals surface area contributed by atoms with Crippen molar-refractivity contribution in [3.63, 3.8) is 0 Å². The van der Waals surface area contributed by atoms with Crippen molar-refractivity contribution < 1.29 is 13.2 Å². The number of benzene rings is 2. The minimum atomic E-state index is -3.56. The lowest BCUT2D eigenvalue weighted by Crippen LogP contribution is -2.27. The molecule has 2 rings (SSSR count). The molecule has 0 radical (unpaired) electrons. The van der Waals surface area contributed by atoms with E-state index in [0.717, 1.165) is 16.7 Å². The summed E-state index contributed by atoms with van der Waals surface area (Å²) < 4.78 is 27.1. The molecular weight excluding hydrogens is 372 g/mol. The fourth-order valence-corrected chi connectivity index (χ4v) is 3.71. The van der Waals surface area contributed by atoms with Crippen LogP contribution in [0.3, 0.4) is 0 Å². The standard InChI is InChI=1S/C19H23ClN2O3S/c1-14-9-10-17(12-15(14)2)26(24,25)22-11-5-8-19(23)21-13-16-6-3-4-7-18(16)20/h3-4,6-7,9-10,12,22H,5,8,11,13H2,1-2H3,(H,21,23). The zero-order valence-electron chi connectivity index (χ0n) is 14.9. The quantitative estimate of drug-likeness (QED) is 0.674. The van der Waals surface area contributed by atoms with E-state index in [2.05, 4.69) is 10.0 Å². The minimum Gasteiger partial charge on any atom is -0.352 e. The lowest BCUT2D eigenvalue weighted by Gasteiger charge is -2.09. The third kappa shape index (κ3) is 5.83. The van der Waals surface area contributed by atoms with Gasteiger partial charge in [0, 0.05) is 24.5 Å². The van der Waals surface area contributed by atoms with E-state index < -0.39 is 10.0 Å². The van der Waals surface area contributed by atoms with E-state index in [4.69, 9.17) is 11.6 Å². The Morgan fingerprint density at radius 1 is 1.08 bits per heavy atom. The number of hydrogen-bond acceptors (Lipinski definition) is 3. The summed E-state index contributed by atoms with van der Waals surface area (Å²) in [5.41, 5.74) is 2.81. The summed E-state index contributed by atoms with van der Waals surface area (Å²) in [6, 6.07) is 12.3. The summed E-state index contributed by atoms with van der Waals surface area (Å²) in [5.74, 6) is -0.143. The Hall–Kier alpha value is -1.89. The van der Waals surface area contributed by atoms with E-state index in [1.54, 1.807) is 24.3 Å². The number of halogens is 1. The summed E-state index contributed by atoms with van der Waals surface area (Å²) in [4.78, 5) is 12.1. The van der Waals surface area contributed by atoms with Crippen LogP contribution in [-0.2, 0) is 21.4 Å². The van der Waals surface area contributed by atoms with Crippen molar-refractivity contribution in [3.8, 4) is 0 Å². The maximum atomic E-state index is 12.3. The zero-order valence-corrected chi connectivity index (χ0v) is 16.5. The Bertz CT molecular complexity index is 882. The highest BCUT2D eigenvalue weighted by molar-refractivity contribution is 7.89. The molecule has 0 saturated heterocycles. The van der Waals surface area contributed by atoms with E-state index in [0.29, 0.717) is 18.0 Å². The number of hydrogen-bond donors (Lipinski definition) is 2. The lowest BCUT2D eigenvalue weighted by atomic mass is 10.1. The number of sulfonamides is 1. The van der Waals surface area contributed by atoms with Gasteiger partial charge in [-0.15, -0.1) is 0 Å². The second kappa shape index (κ2) is 9.16. The molecule has 7 heteroatoms. The molecule has 0 atom stereocenters. The average Bonchev–Trinajstić information content (AvgIpc) is 2.60. The van der Waals surface area contributed by atoms with Crippen LogP contribution in [0.25, 0.3) is 0 Å². The molecule has 0 fully saturated rings. The first-order valence-electron chi connectivity index (χ1n) is 8.36. The van der Waals surface area contributed by atoms with Crippen molar-refractivity contribution in [2.45, 2.75) is 38.1 Å². The Kier molecular flexibility index (Phi) is 7.20. The first-order valence-corrected chi connectivity index (χ1v) is 10.2. The number of nitrogens with one attached hydrogen (secondary N) is 2. The van der Waals surface area contributed by atoms with Crippen molar-refractivity contribution >= 4 is 27.5 Å². The average molecular weight is 395 g/mol. The third-order valence-electron chi connectivity index (χ3n) is 4.10. The minimum absolute atomic E-state index is 0.143. The highest BCUT2D eigenvalue weighted by atomic mass is 35.5. The van der Waals surface area contributed by atoms with E-state index in [1.165, 1.54) is 0 Å². The van der Waals surface area contributed by atoms with Gasteiger partial charge in [-0.25, -0.2) is 13.1 Å². The summed E-state index contributed by atoms with van der Waals surface area (Å²) in [7, 11) is -3.56. The van der Waals surface area contributed by atoms with E-state index in [9.17, 15) is 13.2 Å². The van der Waals surface area contributed by atoms with Crippen LogP contribution in [0.2, 0.25) is 5.02 Å². The van der Waals surface area contributed by atoms with Crippen LogP contribution in [-0.4, -0.2) is 20.9 Å². The molecule has 0 saturated carbocycles. The smallest absolute Gasteiger partial charge is 0.240 e. The molecule has 0 spiro atoms. The molecule has 140 valence electrons. The van der Waals surface area contributed by atoms with Crippen LogP contribution in [0.4, 0.5) is 0 Å². The van der Waals surface area contributed by atoms with Gasteiger partial charge in [0.05, 0.1) is 4.90 Å². The Labute approximate surface area is 159 Å². The highest BCUT2D eigenvalue weighted by Crippen LogP contribution is 2.15. The molecule has 2 aromatic carbocycles. The van der Waals surface area contributed by atoms with Gasteiger partial charge in [-0.2, -0.15) is 0 Å². The molecule has 1 amide bonds. The zero-order chi connectivity index (χ0) is 19.2. The molecule has 0 unspecified atom stereocenters. The van der Waals surface area contributed by atoms with Crippen LogP contribution in [0.15, 0.2) is 47.4 Å². The van der Waals surface area contributed by atoms with Crippen LogP contribution in [0.1, 0.15) is 29.5 Å². The maximum Gasteiger partial charge on any atom is 0.240 e. The van der Waals surface area contributed by atoms with Crippen LogP contribution in [0, 0.1) is 13.8 Å². The molecule has 0 aromatic heterocycles. The van der Waals surface area contributed by atoms with Gasteiger partial charge in [-0.1, -0.05) is 35.9 Å². The van der Waals surface area contributed by atoms with Gasteiger partial charge in [0.25, 0.3) is 0 Å². The Morgan fingerprint density at radius 3 is 2.50 bits per heavy atom. The van der Waals surface area contributed by atoms with Gasteiger partial charge in [-0.05, 0) is 55.2 Å². The van der Waals surface area contributed by atoms with Crippen molar-refractivity contribution in [3.05, 3.63) is 64.2 Å². The Morgan fingerprint density at radius 2 is 1.81 bits per heavy atom. The van der Waals surface area contributed by atoms with E-state index in [-0.39, 0.29) is 23.8 Å². The van der Waals surface area contributed by atoms with Gasteiger partial charge in [-0.3, -0.25) is 4.79 Å². The summed E-state index contributed by atoms with van der Waals surface area (Å²) >= 11 is 6.04. The molecular formula is C19H23ClN2O3S. The second-order valence-corrected chi connectivity index (χ2v) is 8.29. The molecule has 2 aromatic rings. The number of aryl methyl sites for hydroxylation is 2. The number of rotatable bonds is 8. The Balaban J connectivity index is 1.76. The molecule has 0 aliphatic carbocycles. The van der Waals surface area contributed by atoms with Gasteiger partial charge in [0.15, 0.2) is 0 Å². The van der Waals surface area contributed by atoms with Gasteiger partial charge in [0.1, 0.15) is 0 Å². The van der Waals surface area contributed by atoms with Gasteiger partial charge >= 0.3 is 0 Å². The van der Waals surface area contributed by atoms with Gasteiger partial charge in [0.2, 0.25) is 15.9 Å².